The van der Waals surface area contributed by atoms with Gasteiger partial charge in [-0.1, -0.05) is 56.2 Å². The van der Waals surface area contributed by atoms with Crippen LogP contribution < -0.4 is 0 Å². The van der Waals surface area contributed by atoms with Gasteiger partial charge in [-0.25, -0.2) is 13.2 Å². The molecule has 6 heteroatoms. The molecular formula is C28H22F6. The van der Waals surface area contributed by atoms with Crippen LogP contribution >= 0.6 is 0 Å². The summed E-state index contributed by atoms with van der Waals surface area (Å²) in [4.78, 5) is 0. The van der Waals surface area contributed by atoms with E-state index in [2.05, 4.69) is 13.0 Å². The molecule has 4 aromatic carbocycles. The smallest absolute Gasteiger partial charge is 0.206 e. The SMILES string of the molecule is CCCCCc1ccc2cc(-c3cc(F)c(-c4ccc(C(F)(F)F)c(F)c4)c(F)c3)ccc2c1. The molecule has 4 rings (SSSR count). The van der Waals surface area contributed by atoms with Gasteiger partial charge in [0.25, 0.3) is 0 Å². The molecule has 0 heterocycles. The zero-order valence-electron chi connectivity index (χ0n) is 18.4. The van der Waals surface area contributed by atoms with E-state index in [9.17, 15) is 26.3 Å². The van der Waals surface area contributed by atoms with Gasteiger partial charge in [0, 0.05) is 0 Å². The molecule has 0 saturated heterocycles. The van der Waals surface area contributed by atoms with Gasteiger partial charge >= 0.3 is 6.18 Å². The number of halogens is 6. The molecule has 0 atom stereocenters. The minimum absolute atomic E-state index is 0.278. The summed E-state index contributed by atoms with van der Waals surface area (Å²) in [5, 5.41) is 1.95. The van der Waals surface area contributed by atoms with Gasteiger partial charge in [-0.3, -0.25) is 0 Å². The molecule has 0 amide bonds. The van der Waals surface area contributed by atoms with Crippen LogP contribution in [0.1, 0.15) is 37.3 Å². The Morgan fingerprint density at radius 3 is 1.88 bits per heavy atom. The first kappa shape index (κ1) is 23.9. The molecule has 0 aromatic heterocycles. The highest BCUT2D eigenvalue weighted by Crippen LogP contribution is 2.36. The fourth-order valence-electron chi connectivity index (χ4n) is 4.13. The number of alkyl halides is 3. The van der Waals surface area contributed by atoms with Gasteiger partial charge < -0.3 is 0 Å². The van der Waals surface area contributed by atoms with E-state index in [-0.39, 0.29) is 11.1 Å². The molecule has 0 aliphatic carbocycles. The number of benzene rings is 4. The van der Waals surface area contributed by atoms with Crippen LogP contribution in [0.15, 0.2) is 66.7 Å². The molecule has 0 unspecified atom stereocenters. The van der Waals surface area contributed by atoms with Crippen LogP contribution in [0.5, 0.6) is 0 Å². The highest BCUT2D eigenvalue weighted by atomic mass is 19.4. The lowest BCUT2D eigenvalue weighted by molar-refractivity contribution is -0.139. The third-order valence-electron chi connectivity index (χ3n) is 5.91. The quantitative estimate of drug-likeness (QED) is 0.194. The summed E-state index contributed by atoms with van der Waals surface area (Å²) in [6, 6.07) is 15.7. The van der Waals surface area contributed by atoms with Crippen LogP contribution in [0, 0.1) is 17.5 Å². The van der Waals surface area contributed by atoms with Crippen molar-refractivity contribution in [1.29, 1.82) is 0 Å². The minimum Gasteiger partial charge on any atom is -0.206 e. The molecule has 0 spiro atoms. The summed E-state index contributed by atoms with van der Waals surface area (Å²) in [5.41, 5.74) is -0.262. The maximum atomic E-state index is 14.9. The van der Waals surface area contributed by atoms with Gasteiger partial charge in [0.05, 0.1) is 11.1 Å². The van der Waals surface area contributed by atoms with Crippen molar-refractivity contribution < 1.29 is 26.3 Å². The van der Waals surface area contributed by atoms with Crippen molar-refractivity contribution >= 4 is 10.8 Å². The highest BCUT2D eigenvalue weighted by molar-refractivity contribution is 5.88. The van der Waals surface area contributed by atoms with E-state index in [0.29, 0.717) is 17.7 Å². The molecule has 0 N–H and O–H groups in total. The van der Waals surface area contributed by atoms with Crippen LogP contribution in [0.4, 0.5) is 26.3 Å². The maximum absolute atomic E-state index is 14.9. The normalized spacial score (nSPS) is 11.9. The molecule has 0 nitrogen and oxygen atoms in total. The number of fused-ring (bicyclic) bond motifs is 1. The molecule has 4 aromatic rings. The largest absolute Gasteiger partial charge is 0.419 e. The molecule has 34 heavy (non-hydrogen) atoms. The third kappa shape index (κ3) is 4.96. The van der Waals surface area contributed by atoms with Gasteiger partial charge in [0.1, 0.15) is 17.5 Å². The van der Waals surface area contributed by atoms with Crippen LogP contribution in [-0.4, -0.2) is 0 Å². The van der Waals surface area contributed by atoms with Crippen molar-refractivity contribution in [2.24, 2.45) is 0 Å². The first-order valence-electron chi connectivity index (χ1n) is 11.1. The van der Waals surface area contributed by atoms with Crippen molar-refractivity contribution in [3.05, 3.63) is 95.3 Å². The standard InChI is InChI=1S/C28H22F6/c1-2-3-4-5-17-6-7-19-13-20(9-8-18(19)12-17)22-15-25(30)27(26(31)16-22)21-10-11-23(24(29)14-21)28(32,33)34/h6-16H,2-5H2,1H3. The average molecular weight is 472 g/mol. The van der Waals surface area contributed by atoms with Crippen LogP contribution in [0.25, 0.3) is 33.0 Å². The summed E-state index contributed by atoms with van der Waals surface area (Å²) in [6.45, 7) is 2.15. The number of unbranched alkanes of at least 4 members (excludes halogenated alkanes) is 2. The van der Waals surface area contributed by atoms with E-state index in [1.54, 1.807) is 6.07 Å². The van der Waals surface area contributed by atoms with Crippen molar-refractivity contribution in [2.45, 2.75) is 38.8 Å². The Labute approximate surface area is 193 Å². The fourth-order valence-corrected chi connectivity index (χ4v) is 4.13. The lowest BCUT2D eigenvalue weighted by atomic mass is 9.95. The van der Waals surface area contributed by atoms with Gasteiger partial charge in [-0.2, -0.15) is 13.2 Å². The first-order chi connectivity index (χ1) is 16.2. The van der Waals surface area contributed by atoms with Gasteiger partial charge in [0.15, 0.2) is 0 Å². The number of hydrogen-bond donors (Lipinski definition) is 0. The Balaban J connectivity index is 1.66. The summed E-state index contributed by atoms with van der Waals surface area (Å²) in [6.07, 6.45) is -0.461. The Hall–Kier alpha value is -3.28. The summed E-state index contributed by atoms with van der Waals surface area (Å²) < 4.78 is 82.1. The molecule has 0 bridgehead atoms. The number of hydrogen-bond acceptors (Lipinski definition) is 0. The predicted molar refractivity (Wildman–Crippen MR) is 123 cm³/mol. The Kier molecular flexibility index (Phi) is 6.69. The van der Waals surface area contributed by atoms with Crippen molar-refractivity contribution in [3.63, 3.8) is 0 Å². The van der Waals surface area contributed by atoms with Crippen LogP contribution in [0.3, 0.4) is 0 Å². The monoisotopic (exact) mass is 472 g/mol. The Bertz CT molecular complexity index is 1310. The molecule has 0 aliphatic rings. The van der Waals surface area contributed by atoms with E-state index in [1.165, 1.54) is 12.0 Å². The third-order valence-corrected chi connectivity index (χ3v) is 5.91. The second-order valence-electron chi connectivity index (χ2n) is 8.36. The molecular weight excluding hydrogens is 450 g/mol. The van der Waals surface area contributed by atoms with Crippen LogP contribution in [0.2, 0.25) is 0 Å². The summed E-state index contributed by atoms with van der Waals surface area (Å²) >= 11 is 0. The molecule has 0 fully saturated rings. The second kappa shape index (κ2) is 9.53. The van der Waals surface area contributed by atoms with Crippen molar-refractivity contribution in [2.75, 3.05) is 0 Å². The summed E-state index contributed by atoms with van der Waals surface area (Å²) in [5.74, 6) is -3.56. The Morgan fingerprint density at radius 1 is 0.618 bits per heavy atom. The van der Waals surface area contributed by atoms with E-state index in [0.717, 1.165) is 48.2 Å². The van der Waals surface area contributed by atoms with Gasteiger partial charge in [-0.05, 0) is 76.2 Å². The molecule has 0 radical (unpaired) electrons. The lowest BCUT2D eigenvalue weighted by Crippen LogP contribution is -2.08. The zero-order valence-corrected chi connectivity index (χ0v) is 18.4. The predicted octanol–water partition coefficient (Wildman–Crippen LogP) is 9.34. The number of rotatable bonds is 6. The lowest BCUT2D eigenvalue weighted by Gasteiger charge is -2.12. The minimum atomic E-state index is -4.89. The Morgan fingerprint density at radius 2 is 1.24 bits per heavy atom. The molecule has 0 saturated carbocycles. The van der Waals surface area contributed by atoms with E-state index >= 15 is 0 Å². The number of aryl methyl sites for hydroxylation is 1. The van der Waals surface area contributed by atoms with E-state index in [4.69, 9.17) is 0 Å². The summed E-state index contributed by atoms with van der Waals surface area (Å²) in [7, 11) is 0. The average Bonchev–Trinajstić information content (AvgIpc) is 2.77. The molecule has 0 aliphatic heterocycles. The van der Waals surface area contributed by atoms with E-state index in [1.807, 2.05) is 24.3 Å². The van der Waals surface area contributed by atoms with Gasteiger partial charge in [0.2, 0.25) is 0 Å². The van der Waals surface area contributed by atoms with Crippen molar-refractivity contribution in [1.82, 2.24) is 0 Å². The van der Waals surface area contributed by atoms with E-state index < -0.39 is 34.8 Å². The fraction of sp³-hybridized carbons (Fsp3) is 0.214. The molecule has 176 valence electrons. The second-order valence-corrected chi connectivity index (χ2v) is 8.36. The first-order valence-corrected chi connectivity index (χ1v) is 11.1. The van der Waals surface area contributed by atoms with Crippen molar-refractivity contribution in [3.8, 4) is 22.3 Å². The highest BCUT2D eigenvalue weighted by Gasteiger charge is 2.34. The van der Waals surface area contributed by atoms with Gasteiger partial charge in [-0.15, -0.1) is 0 Å². The zero-order chi connectivity index (χ0) is 24.5. The maximum Gasteiger partial charge on any atom is 0.419 e. The van der Waals surface area contributed by atoms with Crippen LogP contribution in [-0.2, 0) is 12.6 Å². The topological polar surface area (TPSA) is 0 Å².